The van der Waals surface area contributed by atoms with Gasteiger partial charge in [0.15, 0.2) is 0 Å². The van der Waals surface area contributed by atoms with Crippen LogP contribution in [0.5, 0.6) is 0 Å². The zero-order valence-electron chi connectivity index (χ0n) is 22.0. The summed E-state index contributed by atoms with van der Waals surface area (Å²) in [6.45, 7) is 25.4. The maximum Gasteiger partial charge on any atom is -0.0191 e. The molecule has 0 heteroatoms. The van der Waals surface area contributed by atoms with Gasteiger partial charge in [-0.3, -0.25) is 0 Å². The summed E-state index contributed by atoms with van der Waals surface area (Å²) in [7, 11) is 0. The molecular weight excluding hydrogens is 372 g/mol. The molecule has 0 aromatic carbocycles. The molecule has 176 valence electrons. The van der Waals surface area contributed by atoms with Crippen LogP contribution in [-0.4, -0.2) is 0 Å². The summed E-state index contributed by atoms with van der Waals surface area (Å²) in [6.07, 6.45) is 15.7. The highest BCUT2D eigenvalue weighted by atomic mass is 14.3. The van der Waals surface area contributed by atoms with Crippen molar-refractivity contribution in [2.45, 2.75) is 113 Å². The molecule has 2 aliphatic rings. The van der Waals surface area contributed by atoms with Crippen molar-refractivity contribution in [3.05, 3.63) is 47.1 Å². The first kappa shape index (κ1) is 26.2. The Balaban J connectivity index is 2.11. The van der Waals surface area contributed by atoms with Gasteiger partial charge in [0, 0.05) is 0 Å². The molecule has 2 fully saturated rings. The van der Waals surface area contributed by atoms with Gasteiger partial charge in [-0.1, -0.05) is 71.3 Å². The quantitative estimate of drug-likeness (QED) is 0.372. The second-order valence-electron chi connectivity index (χ2n) is 11.7. The highest BCUT2D eigenvalue weighted by molar-refractivity contribution is 5.42. The lowest BCUT2D eigenvalue weighted by Gasteiger charge is -2.30. The van der Waals surface area contributed by atoms with E-state index in [0.29, 0.717) is 11.8 Å². The van der Waals surface area contributed by atoms with Gasteiger partial charge in [0.05, 0.1) is 0 Å². The Bertz CT molecular complexity index is 672. The molecule has 0 spiro atoms. The number of hydrogen-bond donors (Lipinski definition) is 0. The van der Waals surface area contributed by atoms with Crippen molar-refractivity contribution in [3.8, 4) is 0 Å². The van der Waals surface area contributed by atoms with Crippen molar-refractivity contribution in [2.75, 3.05) is 0 Å². The zero-order chi connectivity index (χ0) is 23.1. The maximum atomic E-state index is 4.47. The van der Waals surface area contributed by atoms with E-state index in [1.165, 1.54) is 80.9 Å². The van der Waals surface area contributed by atoms with E-state index < -0.39 is 0 Å². The average Bonchev–Trinajstić information content (AvgIpc) is 2.75. The van der Waals surface area contributed by atoms with Gasteiger partial charge in [0.25, 0.3) is 0 Å². The molecule has 0 radical (unpaired) electrons. The van der Waals surface area contributed by atoms with E-state index in [4.69, 9.17) is 0 Å². The molecule has 2 saturated carbocycles. The summed E-state index contributed by atoms with van der Waals surface area (Å²) < 4.78 is 0. The fraction of sp³-hybridized carbons (Fsp3) is 0.742. The van der Waals surface area contributed by atoms with Gasteiger partial charge in [-0.05, 0) is 117 Å². The first-order valence-corrected chi connectivity index (χ1v) is 13.3. The number of allylic oxidation sites excluding steroid dienone is 6. The van der Waals surface area contributed by atoms with E-state index in [1.54, 1.807) is 11.1 Å². The Hall–Kier alpha value is -1.04. The maximum absolute atomic E-state index is 4.47. The molecule has 31 heavy (non-hydrogen) atoms. The smallest absolute Gasteiger partial charge is 0.0191 e. The Kier molecular flexibility index (Phi) is 10.4. The molecule has 0 saturated heterocycles. The van der Waals surface area contributed by atoms with E-state index in [1.807, 2.05) is 0 Å². The van der Waals surface area contributed by atoms with Crippen LogP contribution in [0.15, 0.2) is 47.1 Å². The monoisotopic (exact) mass is 424 g/mol. The third kappa shape index (κ3) is 7.80. The first-order chi connectivity index (χ1) is 14.6. The van der Waals surface area contributed by atoms with Gasteiger partial charge < -0.3 is 0 Å². The highest BCUT2D eigenvalue weighted by Gasteiger charge is 2.27. The lowest BCUT2D eigenvalue weighted by molar-refractivity contribution is 0.208. The topological polar surface area (TPSA) is 0 Å². The standard InChI is InChI=1S/C31H52/c1-21(2)12-10-13-24(5)30-17-16-23(4)29(15-11-14-25(30)6)20-27(8)31-19-22(3)18-26(7)28(31)9/h20,22-26,30H,1,9-19H2,2-8H3/b29-20+,31-27-/t22-,23?,24+,25-,26-,30?/m0/s1. The molecule has 0 aromatic rings. The summed E-state index contributed by atoms with van der Waals surface area (Å²) in [4.78, 5) is 0. The van der Waals surface area contributed by atoms with Crippen LogP contribution in [0.4, 0.5) is 0 Å². The van der Waals surface area contributed by atoms with Gasteiger partial charge in [-0.25, -0.2) is 0 Å². The van der Waals surface area contributed by atoms with Gasteiger partial charge in [-0.2, -0.15) is 0 Å². The average molecular weight is 425 g/mol. The van der Waals surface area contributed by atoms with E-state index in [0.717, 1.165) is 23.7 Å². The lowest BCUT2D eigenvalue weighted by atomic mass is 9.75. The van der Waals surface area contributed by atoms with Crippen LogP contribution < -0.4 is 0 Å². The molecule has 2 rings (SSSR count). The summed E-state index contributed by atoms with van der Waals surface area (Å²) in [5, 5.41) is 0. The van der Waals surface area contributed by atoms with Gasteiger partial charge in [0.1, 0.15) is 0 Å². The molecule has 0 amide bonds. The molecular formula is C31H52. The highest BCUT2D eigenvalue weighted by Crippen LogP contribution is 2.40. The van der Waals surface area contributed by atoms with Crippen LogP contribution in [0, 0.1) is 35.5 Å². The fourth-order valence-electron chi connectivity index (χ4n) is 6.39. The van der Waals surface area contributed by atoms with Crippen molar-refractivity contribution in [1.29, 1.82) is 0 Å². The third-order valence-corrected chi connectivity index (χ3v) is 8.58. The van der Waals surface area contributed by atoms with Crippen LogP contribution in [0.2, 0.25) is 0 Å². The minimum Gasteiger partial charge on any atom is -0.100 e. The van der Waals surface area contributed by atoms with Crippen molar-refractivity contribution in [3.63, 3.8) is 0 Å². The predicted molar refractivity (Wildman–Crippen MR) is 140 cm³/mol. The number of rotatable bonds is 6. The molecule has 0 aliphatic heterocycles. The van der Waals surface area contributed by atoms with Gasteiger partial charge in [0.2, 0.25) is 0 Å². The van der Waals surface area contributed by atoms with Crippen molar-refractivity contribution < 1.29 is 0 Å². The summed E-state index contributed by atoms with van der Waals surface area (Å²) in [6, 6.07) is 0. The van der Waals surface area contributed by atoms with Crippen LogP contribution in [0.1, 0.15) is 113 Å². The van der Waals surface area contributed by atoms with E-state index in [9.17, 15) is 0 Å². The van der Waals surface area contributed by atoms with E-state index >= 15 is 0 Å². The van der Waals surface area contributed by atoms with E-state index in [-0.39, 0.29) is 0 Å². The SMILES string of the molecule is C=C(C)CCC[C@@H](C)C1CCC(C)/C(=C/C(C)=C2/C[C@@H](C)C[C@H](C)C2=C)CCC[C@@H]1C. The normalized spacial score (nSPS) is 34.6. The zero-order valence-corrected chi connectivity index (χ0v) is 22.0. The molecule has 0 bridgehead atoms. The van der Waals surface area contributed by atoms with Gasteiger partial charge in [-0.15, -0.1) is 6.58 Å². The molecule has 2 unspecified atom stereocenters. The Morgan fingerprint density at radius 2 is 1.77 bits per heavy atom. The van der Waals surface area contributed by atoms with Crippen LogP contribution in [0.3, 0.4) is 0 Å². The molecule has 0 N–H and O–H groups in total. The van der Waals surface area contributed by atoms with E-state index in [2.05, 4.69) is 67.7 Å². The Morgan fingerprint density at radius 1 is 1.06 bits per heavy atom. The minimum atomic E-state index is 0.637. The molecule has 0 nitrogen and oxygen atoms in total. The fourth-order valence-corrected chi connectivity index (χ4v) is 6.39. The second kappa shape index (κ2) is 12.3. The number of hydrogen-bond acceptors (Lipinski definition) is 0. The van der Waals surface area contributed by atoms with Crippen LogP contribution in [-0.2, 0) is 0 Å². The predicted octanol–water partition coefficient (Wildman–Crippen LogP) is 10.1. The van der Waals surface area contributed by atoms with Gasteiger partial charge >= 0.3 is 0 Å². The minimum absolute atomic E-state index is 0.637. The summed E-state index contributed by atoms with van der Waals surface area (Å²) >= 11 is 0. The van der Waals surface area contributed by atoms with Crippen LogP contribution >= 0.6 is 0 Å². The molecule has 6 atom stereocenters. The third-order valence-electron chi connectivity index (χ3n) is 8.58. The second-order valence-corrected chi connectivity index (χ2v) is 11.7. The van der Waals surface area contributed by atoms with Crippen molar-refractivity contribution >= 4 is 0 Å². The van der Waals surface area contributed by atoms with Crippen molar-refractivity contribution in [1.82, 2.24) is 0 Å². The Labute approximate surface area is 195 Å². The Morgan fingerprint density at radius 3 is 2.45 bits per heavy atom. The summed E-state index contributed by atoms with van der Waals surface area (Å²) in [5.41, 5.74) is 7.50. The summed E-state index contributed by atoms with van der Waals surface area (Å²) in [5.74, 6) is 4.70. The first-order valence-electron chi connectivity index (χ1n) is 13.3. The lowest BCUT2D eigenvalue weighted by Crippen LogP contribution is -2.20. The molecule has 2 aliphatic carbocycles. The largest absolute Gasteiger partial charge is 0.100 e. The molecule has 0 aromatic heterocycles. The van der Waals surface area contributed by atoms with Crippen molar-refractivity contribution in [2.24, 2.45) is 35.5 Å². The van der Waals surface area contributed by atoms with Crippen LogP contribution in [0.25, 0.3) is 0 Å². The molecule has 0 heterocycles.